The van der Waals surface area contributed by atoms with E-state index in [-0.39, 0.29) is 0 Å². The molecular formula is C11H21N. The van der Waals surface area contributed by atoms with Crippen LogP contribution in [0.2, 0.25) is 0 Å². The maximum Gasteiger partial charge on any atom is 0.0101 e. The van der Waals surface area contributed by atoms with E-state index in [0.29, 0.717) is 6.04 Å². The zero-order chi connectivity index (χ0) is 8.81. The Kier molecular flexibility index (Phi) is 4.37. The van der Waals surface area contributed by atoms with E-state index >= 15 is 0 Å². The fourth-order valence-corrected chi connectivity index (χ4v) is 2.18. The summed E-state index contributed by atoms with van der Waals surface area (Å²) >= 11 is 0. The topological polar surface area (TPSA) is 12.0 Å². The van der Waals surface area contributed by atoms with Crippen molar-refractivity contribution in [3.8, 4) is 0 Å². The molecule has 1 nitrogen and oxygen atoms in total. The van der Waals surface area contributed by atoms with Gasteiger partial charge in [-0.3, -0.25) is 0 Å². The highest BCUT2D eigenvalue weighted by atomic mass is 14.9. The molecule has 1 atom stereocenters. The average Bonchev–Trinajstić information content (AvgIpc) is 2.56. The van der Waals surface area contributed by atoms with Crippen molar-refractivity contribution in [3.63, 3.8) is 0 Å². The molecule has 0 aromatic carbocycles. The molecule has 0 saturated heterocycles. The van der Waals surface area contributed by atoms with Gasteiger partial charge in [-0.2, -0.15) is 0 Å². The summed E-state index contributed by atoms with van der Waals surface area (Å²) in [6.07, 6.45) is 10.3. The molecule has 1 aliphatic carbocycles. The zero-order valence-electron chi connectivity index (χ0n) is 8.18. The Balaban J connectivity index is 2.20. The highest BCUT2D eigenvalue weighted by molar-refractivity contribution is 4.80. The summed E-state index contributed by atoms with van der Waals surface area (Å²) in [4.78, 5) is 0. The predicted molar refractivity (Wildman–Crippen MR) is 54.2 cm³/mol. The second kappa shape index (κ2) is 5.36. The Morgan fingerprint density at radius 2 is 2.17 bits per heavy atom. The predicted octanol–water partition coefficient (Wildman–Crippen LogP) is 2.73. The molecule has 0 aromatic heterocycles. The summed E-state index contributed by atoms with van der Waals surface area (Å²) in [6, 6.07) is 0.672. The Morgan fingerprint density at radius 1 is 1.50 bits per heavy atom. The van der Waals surface area contributed by atoms with Gasteiger partial charge in [0.1, 0.15) is 0 Å². The van der Waals surface area contributed by atoms with Gasteiger partial charge in [-0.1, -0.05) is 31.8 Å². The minimum Gasteiger partial charge on any atom is -0.317 e. The SMILES string of the molecule is C=CCC(CC1CCCC1)NC. The standard InChI is InChI=1S/C11H21N/c1-3-6-11(12-2)9-10-7-4-5-8-10/h3,10-12H,1,4-9H2,2H3. The zero-order valence-corrected chi connectivity index (χ0v) is 8.18. The monoisotopic (exact) mass is 167 g/mol. The lowest BCUT2D eigenvalue weighted by Gasteiger charge is -2.18. The molecule has 0 heterocycles. The van der Waals surface area contributed by atoms with Gasteiger partial charge in [-0.25, -0.2) is 0 Å². The van der Waals surface area contributed by atoms with E-state index in [1.54, 1.807) is 0 Å². The van der Waals surface area contributed by atoms with Gasteiger partial charge < -0.3 is 5.32 Å². The van der Waals surface area contributed by atoms with Crippen LogP contribution in [-0.4, -0.2) is 13.1 Å². The van der Waals surface area contributed by atoms with Gasteiger partial charge in [0.2, 0.25) is 0 Å². The molecule has 1 saturated carbocycles. The van der Waals surface area contributed by atoms with Crippen LogP contribution in [0.4, 0.5) is 0 Å². The first kappa shape index (κ1) is 9.79. The fraction of sp³-hybridized carbons (Fsp3) is 0.818. The van der Waals surface area contributed by atoms with Gasteiger partial charge in [0.05, 0.1) is 0 Å². The summed E-state index contributed by atoms with van der Waals surface area (Å²) in [5, 5.41) is 3.36. The van der Waals surface area contributed by atoms with E-state index in [9.17, 15) is 0 Å². The molecule has 1 aliphatic rings. The molecule has 1 N–H and O–H groups in total. The lowest BCUT2D eigenvalue weighted by Crippen LogP contribution is -2.26. The van der Waals surface area contributed by atoms with E-state index in [1.807, 2.05) is 6.08 Å². The smallest absolute Gasteiger partial charge is 0.0101 e. The largest absolute Gasteiger partial charge is 0.317 e. The van der Waals surface area contributed by atoms with E-state index < -0.39 is 0 Å². The third kappa shape index (κ3) is 2.98. The molecule has 0 radical (unpaired) electrons. The van der Waals surface area contributed by atoms with Gasteiger partial charge in [0.15, 0.2) is 0 Å². The van der Waals surface area contributed by atoms with Gasteiger partial charge in [0, 0.05) is 6.04 Å². The van der Waals surface area contributed by atoms with Crippen molar-refractivity contribution < 1.29 is 0 Å². The summed E-state index contributed by atoms with van der Waals surface area (Å²) in [6.45, 7) is 3.78. The molecule has 0 bridgehead atoms. The van der Waals surface area contributed by atoms with Crippen LogP contribution < -0.4 is 5.32 Å². The van der Waals surface area contributed by atoms with Crippen LogP contribution in [0, 0.1) is 5.92 Å². The Bertz CT molecular complexity index is 125. The van der Waals surface area contributed by atoms with Crippen molar-refractivity contribution in [3.05, 3.63) is 12.7 Å². The lowest BCUT2D eigenvalue weighted by molar-refractivity contribution is 0.406. The van der Waals surface area contributed by atoms with Crippen LogP contribution in [0.15, 0.2) is 12.7 Å². The molecule has 0 aliphatic heterocycles. The molecule has 12 heavy (non-hydrogen) atoms. The number of hydrogen-bond donors (Lipinski definition) is 1. The van der Waals surface area contributed by atoms with Crippen molar-refractivity contribution in [2.75, 3.05) is 7.05 Å². The quantitative estimate of drug-likeness (QED) is 0.621. The van der Waals surface area contributed by atoms with Gasteiger partial charge in [-0.05, 0) is 25.8 Å². The van der Waals surface area contributed by atoms with E-state index in [1.165, 1.54) is 32.1 Å². The van der Waals surface area contributed by atoms with Crippen LogP contribution in [0.25, 0.3) is 0 Å². The molecule has 1 heteroatoms. The van der Waals surface area contributed by atoms with E-state index in [0.717, 1.165) is 12.3 Å². The first-order valence-electron chi connectivity index (χ1n) is 5.15. The normalized spacial score (nSPS) is 21.1. The fourth-order valence-electron chi connectivity index (χ4n) is 2.18. The second-order valence-corrected chi connectivity index (χ2v) is 3.90. The van der Waals surface area contributed by atoms with Crippen molar-refractivity contribution in [1.82, 2.24) is 5.32 Å². The Labute approximate surface area is 76.2 Å². The second-order valence-electron chi connectivity index (χ2n) is 3.90. The molecular weight excluding hydrogens is 146 g/mol. The van der Waals surface area contributed by atoms with E-state index in [4.69, 9.17) is 0 Å². The molecule has 1 unspecified atom stereocenters. The first-order valence-corrected chi connectivity index (χ1v) is 5.15. The van der Waals surface area contributed by atoms with Crippen LogP contribution in [0.3, 0.4) is 0 Å². The van der Waals surface area contributed by atoms with Crippen molar-refractivity contribution in [2.45, 2.75) is 44.6 Å². The minimum atomic E-state index is 0.672. The Hall–Kier alpha value is -0.300. The third-order valence-corrected chi connectivity index (χ3v) is 2.95. The van der Waals surface area contributed by atoms with Gasteiger partial charge in [0.25, 0.3) is 0 Å². The van der Waals surface area contributed by atoms with E-state index in [2.05, 4.69) is 18.9 Å². The van der Waals surface area contributed by atoms with Crippen LogP contribution in [-0.2, 0) is 0 Å². The summed E-state index contributed by atoms with van der Waals surface area (Å²) in [7, 11) is 2.06. The number of nitrogens with one attached hydrogen (secondary N) is 1. The number of rotatable bonds is 5. The maximum atomic E-state index is 3.78. The van der Waals surface area contributed by atoms with Crippen molar-refractivity contribution in [1.29, 1.82) is 0 Å². The highest BCUT2D eigenvalue weighted by Crippen LogP contribution is 2.28. The molecule has 0 spiro atoms. The van der Waals surface area contributed by atoms with Crippen molar-refractivity contribution >= 4 is 0 Å². The molecule has 0 amide bonds. The van der Waals surface area contributed by atoms with Crippen molar-refractivity contribution in [2.24, 2.45) is 5.92 Å². The maximum absolute atomic E-state index is 3.78. The van der Waals surface area contributed by atoms with Crippen LogP contribution in [0.5, 0.6) is 0 Å². The van der Waals surface area contributed by atoms with Gasteiger partial charge >= 0.3 is 0 Å². The van der Waals surface area contributed by atoms with Gasteiger partial charge in [-0.15, -0.1) is 6.58 Å². The summed E-state index contributed by atoms with van der Waals surface area (Å²) < 4.78 is 0. The lowest BCUT2D eigenvalue weighted by atomic mass is 9.97. The average molecular weight is 167 g/mol. The molecule has 0 aromatic rings. The van der Waals surface area contributed by atoms with Crippen LogP contribution >= 0.6 is 0 Å². The minimum absolute atomic E-state index is 0.672. The van der Waals surface area contributed by atoms with Crippen LogP contribution in [0.1, 0.15) is 38.5 Å². The number of hydrogen-bond acceptors (Lipinski definition) is 1. The first-order chi connectivity index (χ1) is 5.86. The Morgan fingerprint density at radius 3 is 2.67 bits per heavy atom. The summed E-state index contributed by atoms with van der Waals surface area (Å²) in [5.74, 6) is 0.988. The summed E-state index contributed by atoms with van der Waals surface area (Å²) in [5.41, 5.74) is 0. The molecule has 1 fully saturated rings. The third-order valence-electron chi connectivity index (χ3n) is 2.95. The molecule has 1 rings (SSSR count). The highest BCUT2D eigenvalue weighted by Gasteiger charge is 2.18. The molecule has 70 valence electrons.